The first-order valence-electron chi connectivity index (χ1n) is 10.3. The average Bonchev–Trinajstić information content (AvgIpc) is 3.44. The van der Waals surface area contributed by atoms with Crippen molar-refractivity contribution in [3.63, 3.8) is 0 Å². The number of amides is 1. The molecule has 4 aromatic rings. The number of anilines is 1. The summed E-state index contributed by atoms with van der Waals surface area (Å²) in [4.78, 5) is 12.4. The number of rotatable bonds is 6. The number of para-hydroxylation sites is 2. The number of aromatic nitrogens is 4. The highest BCUT2D eigenvalue weighted by molar-refractivity contribution is 7.99. The highest BCUT2D eigenvalue weighted by atomic mass is 32.2. The van der Waals surface area contributed by atoms with Crippen LogP contribution in [0.25, 0.3) is 11.3 Å². The van der Waals surface area contributed by atoms with Gasteiger partial charge in [0.15, 0.2) is 28.6 Å². The van der Waals surface area contributed by atoms with Crippen LogP contribution < -0.4 is 14.8 Å². The van der Waals surface area contributed by atoms with Crippen LogP contribution >= 0.6 is 11.8 Å². The van der Waals surface area contributed by atoms with Crippen LogP contribution in [0.5, 0.6) is 11.5 Å². The summed E-state index contributed by atoms with van der Waals surface area (Å²) >= 11 is 1.27. The van der Waals surface area contributed by atoms with E-state index in [1.54, 1.807) is 6.07 Å². The van der Waals surface area contributed by atoms with Crippen molar-refractivity contribution < 1.29 is 18.8 Å². The molecule has 0 spiro atoms. The summed E-state index contributed by atoms with van der Waals surface area (Å²) in [7, 11) is 1.84. The number of benzene rings is 2. The first kappa shape index (κ1) is 21.1. The first-order chi connectivity index (χ1) is 16.1. The minimum atomic E-state index is -0.380. The molecule has 0 bridgehead atoms. The molecule has 0 saturated carbocycles. The molecule has 2 aromatic carbocycles. The van der Waals surface area contributed by atoms with Crippen molar-refractivity contribution in [1.29, 1.82) is 0 Å². The van der Waals surface area contributed by atoms with E-state index >= 15 is 0 Å². The lowest BCUT2D eigenvalue weighted by molar-refractivity contribution is -0.113. The predicted octanol–water partition coefficient (Wildman–Crippen LogP) is 4.02. The summed E-state index contributed by atoms with van der Waals surface area (Å²) in [5, 5.41) is 15.8. The number of ether oxygens (including phenoxy) is 2. The molecule has 10 heteroatoms. The van der Waals surface area contributed by atoms with Gasteiger partial charge < -0.3 is 18.6 Å². The summed E-state index contributed by atoms with van der Waals surface area (Å²) in [6, 6.07) is 17.1. The van der Waals surface area contributed by atoms with Crippen LogP contribution in [0.3, 0.4) is 0 Å². The van der Waals surface area contributed by atoms with Gasteiger partial charge in [-0.2, -0.15) is 0 Å². The fourth-order valence-electron chi connectivity index (χ4n) is 3.38. The van der Waals surface area contributed by atoms with Gasteiger partial charge in [-0.1, -0.05) is 58.9 Å². The van der Waals surface area contributed by atoms with Gasteiger partial charge in [-0.3, -0.25) is 10.1 Å². The van der Waals surface area contributed by atoms with E-state index in [0.29, 0.717) is 40.7 Å². The molecule has 5 rings (SSSR count). The molecule has 0 radical (unpaired) electrons. The monoisotopic (exact) mass is 463 g/mol. The Balaban J connectivity index is 1.18. The molecule has 2 aromatic heterocycles. The van der Waals surface area contributed by atoms with E-state index in [0.717, 1.165) is 11.1 Å². The number of nitrogens with zero attached hydrogens (tertiary/aromatic N) is 4. The fourth-order valence-corrected chi connectivity index (χ4v) is 4.10. The quantitative estimate of drug-likeness (QED) is 0.428. The van der Waals surface area contributed by atoms with Gasteiger partial charge in [0, 0.05) is 18.7 Å². The van der Waals surface area contributed by atoms with E-state index in [4.69, 9.17) is 14.0 Å². The molecule has 0 saturated heterocycles. The van der Waals surface area contributed by atoms with Crippen LogP contribution in [0.1, 0.15) is 17.5 Å². The molecule has 1 atom stereocenters. The van der Waals surface area contributed by atoms with Crippen molar-refractivity contribution in [2.24, 2.45) is 7.05 Å². The molecule has 9 nitrogen and oxygen atoms in total. The van der Waals surface area contributed by atoms with Crippen molar-refractivity contribution in [2.75, 3.05) is 17.7 Å². The van der Waals surface area contributed by atoms with Crippen molar-refractivity contribution in [3.8, 4) is 22.8 Å². The second kappa shape index (κ2) is 8.99. The van der Waals surface area contributed by atoms with Gasteiger partial charge in [0.2, 0.25) is 11.8 Å². The molecule has 1 unspecified atom stereocenters. The average molecular weight is 464 g/mol. The lowest BCUT2D eigenvalue weighted by atomic mass is 10.1. The van der Waals surface area contributed by atoms with E-state index in [9.17, 15) is 4.79 Å². The van der Waals surface area contributed by atoms with Gasteiger partial charge in [0.1, 0.15) is 12.3 Å². The molecule has 1 aliphatic heterocycles. The van der Waals surface area contributed by atoms with E-state index in [2.05, 4.69) is 20.7 Å². The van der Waals surface area contributed by atoms with Crippen LogP contribution in [-0.4, -0.2) is 38.2 Å². The number of nitrogens with one attached hydrogen (secondary N) is 1. The topological polar surface area (TPSA) is 104 Å². The van der Waals surface area contributed by atoms with E-state index in [-0.39, 0.29) is 17.8 Å². The summed E-state index contributed by atoms with van der Waals surface area (Å²) in [5.41, 5.74) is 2.74. The molecule has 168 valence electrons. The molecular formula is C23H21N5O4S. The predicted molar refractivity (Wildman–Crippen MR) is 122 cm³/mol. The third-order valence-corrected chi connectivity index (χ3v) is 6.14. The fraction of sp³-hybridized carbons (Fsp3) is 0.217. The Morgan fingerprint density at radius 2 is 1.94 bits per heavy atom. The van der Waals surface area contributed by atoms with Crippen LogP contribution in [0.2, 0.25) is 0 Å². The second-order valence-corrected chi connectivity index (χ2v) is 8.49. The maximum Gasteiger partial charge on any atom is 0.237 e. The third-order valence-electron chi connectivity index (χ3n) is 5.12. The van der Waals surface area contributed by atoms with Gasteiger partial charge in [-0.05, 0) is 19.1 Å². The SMILES string of the molecule is Cc1ccc(-c2cc(NC(=O)CSc3nnc(C4COc5ccccc5O4)n3C)on2)cc1. The zero-order valence-electron chi connectivity index (χ0n) is 18.0. The Bertz CT molecular complexity index is 1280. The molecular weight excluding hydrogens is 442 g/mol. The molecule has 1 amide bonds. The van der Waals surface area contributed by atoms with Crippen molar-refractivity contribution in [2.45, 2.75) is 18.2 Å². The standard InChI is InChI=1S/C23H21N5O4S/c1-14-7-9-15(10-8-14)16-11-21(32-27-16)24-20(29)13-33-23-26-25-22(28(23)2)19-12-30-17-5-3-4-6-18(17)31-19/h3-11,19H,12-13H2,1-2H3,(H,24,29). The number of carbonyl (C=O) groups excluding carboxylic acids is 1. The molecule has 33 heavy (non-hydrogen) atoms. The number of hydrogen-bond acceptors (Lipinski definition) is 8. The zero-order valence-corrected chi connectivity index (χ0v) is 18.8. The van der Waals surface area contributed by atoms with Crippen LogP contribution in [-0.2, 0) is 11.8 Å². The Morgan fingerprint density at radius 1 is 1.15 bits per heavy atom. The normalized spacial score (nSPS) is 14.8. The highest BCUT2D eigenvalue weighted by Gasteiger charge is 2.27. The summed E-state index contributed by atoms with van der Waals surface area (Å²) < 4.78 is 18.8. The summed E-state index contributed by atoms with van der Waals surface area (Å²) in [6.45, 7) is 2.36. The van der Waals surface area contributed by atoms with Crippen molar-refractivity contribution in [1.82, 2.24) is 19.9 Å². The van der Waals surface area contributed by atoms with E-state index in [1.807, 2.05) is 67.1 Å². The van der Waals surface area contributed by atoms with Crippen LogP contribution in [0.15, 0.2) is 64.3 Å². The summed E-state index contributed by atoms with van der Waals surface area (Å²) in [6.07, 6.45) is -0.380. The minimum Gasteiger partial charge on any atom is -0.485 e. The second-order valence-electron chi connectivity index (χ2n) is 7.54. The lowest BCUT2D eigenvalue weighted by Crippen LogP contribution is -2.24. The van der Waals surface area contributed by atoms with E-state index < -0.39 is 0 Å². The smallest absolute Gasteiger partial charge is 0.237 e. The lowest BCUT2D eigenvalue weighted by Gasteiger charge is -2.25. The number of aryl methyl sites for hydroxylation is 1. The molecule has 3 heterocycles. The van der Waals surface area contributed by atoms with E-state index in [1.165, 1.54) is 11.8 Å². The Hall–Kier alpha value is -3.79. The number of thioether (sulfide) groups is 1. The van der Waals surface area contributed by atoms with Gasteiger partial charge >= 0.3 is 0 Å². The number of carbonyl (C=O) groups is 1. The Kier molecular flexibility index (Phi) is 5.74. The van der Waals surface area contributed by atoms with Gasteiger partial charge in [-0.15, -0.1) is 10.2 Å². The Labute approximate surface area is 194 Å². The van der Waals surface area contributed by atoms with Gasteiger partial charge in [-0.25, -0.2) is 0 Å². The molecule has 1 N–H and O–H groups in total. The van der Waals surface area contributed by atoms with Gasteiger partial charge in [0.25, 0.3) is 0 Å². The number of hydrogen-bond donors (Lipinski definition) is 1. The zero-order chi connectivity index (χ0) is 22.8. The molecule has 0 aliphatic carbocycles. The minimum absolute atomic E-state index is 0.136. The van der Waals surface area contributed by atoms with Crippen LogP contribution in [0.4, 0.5) is 5.88 Å². The maximum atomic E-state index is 12.4. The molecule has 0 fully saturated rings. The Morgan fingerprint density at radius 3 is 2.76 bits per heavy atom. The van der Waals surface area contributed by atoms with Crippen molar-refractivity contribution in [3.05, 3.63) is 66.0 Å². The highest BCUT2D eigenvalue weighted by Crippen LogP contribution is 2.35. The largest absolute Gasteiger partial charge is 0.485 e. The van der Waals surface area contributed by atoms with Crippen LogP contribution in [0, 0.1) is 6.92 Å². The molecule has 1 aliphatic rings. The van der Waals surface area contributed by atoms with Gasteiger partial charge in [0.05, 0.1) is 5.75 Å². The third kappa shape index (κ3) is 4.56. The maximum absolute atomic E-state index is 12.4. The van der Waals surface area contributed by atoms with Crippen molar-refractivity contribution >= 4 is 23.6 Å². The first-order valence-corrected chi connectivity index (χ1v) is 11.3. The number of fused-ring (bicyclic) bond motifs is 1. The summed E-state index contributed by atoms with van der Waals surface area (Å²) in [5.74, 6) is 2.20.